The van der Waals surface area contributed by atoms with Gasteiger partial charge in [-0.3, -0.25) is 4.79 Å². The minimum absolute atomic E-state index is 0.222. The summed E-state index contributed by atoms with van der Waals surface area (Å²) in [4.78, 5) is 22.8. The molecule has 1 amide bonds. The summed E-state index contributed by atoms with van der Waals surface area (Å²) in [5, 5.41) is 2.91. The van der Waals surface area contributed by atoms with Gasteiger partial charge in [0.25, 0.3) is 5.91 Å². The minimum atomic E-state index is -0.222. The number of amides is 1. The van der Waals surface area contributed by atoms with Crippen molar-refractivity contribution in [3.05, 3.63) is 109 Å². The van der Waals surface area contributed by atoms with Crippen molar-refractivity contribution in [2.75, 3.05) is 12.4 Å². The van der Waals surface area contributed by atoms with Crippen LogP contribution in [0.1, 0.15) is 10.4 Å². The molecular weight excluding hydrogens is 410 g/mol. The Morgan fingerprint density at radius 1 is 0.697 bits per heavy atom. The van der Waals surface area contributed by atoms with Gasteiger partial charge in [-0.2, -0.15) is 0 Å². The van der Waals surface area contributed by atoms with Gasteiger partial charge >= 0.3 is 0 Å². The number of aromatic nitrogens is 2. The van der Waals surface area contributed by atoms with Gasteiger partial charge in [0.15, 0.2) is 0 Å². The van der Waals surface area contributed by atoms with Crippen LogP contribution in [0.15, 0.2) is 103 Å². The van der Waals surface area contributed by atoms with Gasteiger partial charge in [-0.25, -0.2) is 9.97 Å². The monoisotopic (exact) mass is 431 g/mol. The molecule has 5 rings (SSSR count). The molecule has 1 aromatic heterocycles. The molecule has 0 aliphatic rings. The van der Waals surface area contributed by atoms with E-state index in [1.165, 1.54) is 0 Å². The number of rotatable bonds is 5. The highest BCUT2D eigenvalue weighted by molar-refractivity contribution is 6.06. The average molecular weight is 431 g/mol. The van der Waals surface area contributed by atoms with E-state index < -0.39 is 0 Å². The topological polar surface area (TPSA) is 64.1 Å². The SMILES string of the molecule is COc1cccc(NC(=O)c2ccc3nc(-c4ccccc4)c(-c4ccccc4)nc3c2)c1. The van der Waals surface area contributed by atoms with Gasteiger partial charge in [0.2, 0.25) is 0 Å². The maximum atomic E-state index is 12.9. The number of hydrogen-bond donors (Lipinski definition) is 1. The van der Waals surface area contributed by atoms with Gasteiger partial charge in [0.05, 0.1) is 29.5 Å². The third kappa shape index (κ3) is 4.29. The van der Waals surface area contributed by atoms with E-state index in [1.54, 1.807) is 25.3 Å². The number of benzene rings is 4. The number of ether oxygens (including phenoxy) is 1. The third-order valence-corrected chi connectivity index (χ3v) is 5.35. The van der Waals surface area contributed by atoms with E-state index in [0.29, 0.717) is 22.5 Å². The molecule has 0 atom stereocenters. The van der Waals surface area contributed by atoms with Crippen LogP contribution >= 0.6 is 0 Å². The fourth-order valence-corrected chi connectivity index (χ4v) is 3.69. The van der Waals surface area contributed by atoms with Gasteiger partial charge in [-0.15, -0.1) is 0 Å². The van der Waals surface area contributed by atoms with Gasteiger partial charge in [0, 0.05) is 28.4 Å². The van der Waals surface area contributed by atoms with Crippen LogP contribution in [-0.2, 0) is 0 Å². The molecule has 1 N–H and O–H groups in total. The molecule has 0 spiro atoms. The fourth-order valence-electron chi connectivity index (χ4n) is 3.69. The van der Waals surface area contributed by atoms with Gasteiger partial charge in [-0.05, 0) is 30.3 Å². The quantitative estimate of drug-likeness (QED) is 0.359. The summed E-state index contributed by atoms with van der Waals surface area (Å²) in [6, 6.07) is 32.6. The third-order valence-electron chi connectivity index (χ3n) is 5.35. The molecule has 0 aliphatic carbocycles. The molecule has 160 valence electrons. The molecule has 33 heavy (non-hydrogen) atoms. The van der Waals surface area contributed by atoms with Crippen molar-refractivity contribution in [1.82, 2.24) is 9.97 Å². The van der Waals surface area contributed by atoms with E-state index in [1.807, 2.05) is 84.9 Å². The first-order valence-corrected chi connectivity index (χ1v) is 10.6. The summed E-state index contributed by atoms with van der Waals surface area (Å²) in [6.45, 7) is 0. The molecule has 0 aliphatic heterocycles. The van der Waals surface area contributed by atoms with Crippen molar-refractivity contribution in [2.45, 2.75) is 0 Å². The lowest BCUT2D eigenvalue weighted by Gasteiger charge is -2.12. The summed E-state index contributed by atoms with van der Waals surface area (Å²) < 4.78 is 5.23. The lowest BCUT2D eigenvalue weighted by molar-refractivity contribution is 0.102. The number of nitrogens with one attached hydrogen (secondary N) is 1. The maximum Gasteiger partial charge on any atom is 0.255 e. The molecule has 5 nitrogen and oxygen atoms in total. The van der Waals surface area contributed by atoms with Crippen LogP contribution in [0.4, 0.5) is 5.69 Å². The summed E-state index contributed by atoms with van der Waals surface area (Å²) in [6.07, 6.45) is 0. The van der Waals surface area contributed by atoms with E-state index in [0.717, 1.165) is 28.0 Å². The van der Waals surface area contributed by atoms with Crippen molar-refractivity contribution < 1.29 is 9.53 Å². The number of carbonyl (C=O) groups excluding carboxylic acids is 1. The van der Waals surface area contributed by atoms with Crippen molar-refractivity contribution in [2.24, 2.45) is 0 Å². The summed E-state index contributed by atoms with van der Waals surface area (Å²) >= 11 is 0. The standard InChI is InChI=1S/C28H21N3O2/c1-33-23-14-8-13-22(18-23)29-28(32)21-15-16-24-25(17-21)31-27(20-11-6-3-7-12-20)26(30-24)19-9-4-2-5-10-19/h2-18H,1H3,(H,29,32). The van der Waals surface area contributed by atoms with E-state index >= 15 is 0 Å². The van der Waals surface area contributed by atoms with E-state index in [4.69, 9.17) is 14.7 Å². The molecule has 4 aromatic carbocycles. The molecule has 0 fully saturated rings. The van der Waals surface area contributed by atoms with Crippen LogP contribution in [0.25, 0.3) is 33.5 Å². The molecule has 0 bridgehead atoms. The smallest absolute Gasteiger partial charge is 0.255 e. The maximum absolute atomic E-state index is 12.9. The van der Waals surface area contributed by atoms with Gasteiger partial charge in [0.1, 0.15) is 5.75 Å². The summed E-state index contributed by atoms with van der Waals surface area (Å²) in [7, 11) is 1.59. The van der Waals surface area contributed by atoms with Crippen LogP contribution in [0.5, 0.6) is 5.75 Å². The average Bonchev–Trinajstić information content (AvgIpc) is 2.88. The molecule has 0 saturated carbocycles. The largest absolute Gasteiger partial charge is 0.497 e. The van der Waals surface area contributed by atoms with E-state index in [2.05, 4.69) is 5.32 Å². The number of nitrogens with zero attached hydrogens (tertiary/aromatic N) is 2. The van der Waals surface area contributed by atoms with Crippen LogP contribution < -0.4 is 10.1 Å². The highest BCUT2D eigenvalue weighted by atomic mass is 16.5. The molecule has 0 radical (unpaired) electrons. The number of anilines is 1. The van der Waals surface area contributed by atoms with Crippen LogP contribution in [0.2, 0.25) is 0 Å². The van der Waals surface area contributed by atoms with Crippen molar-refractivity contribution in [1.29, 1.82) is 0 Å². The summed E-state index contributed by atoms with van der Waals surface area (Å²) in [5.41, 5.74) is 6.10. The lowest BCUT2D eigenvalue weighted by atomic mass is 10.0. The Labute approximate surface area is 191 Å². The second-order valence-corrected chi connectivity index (χ2v) is 7.54. The number of hydrogen-bond acceptors (Lipinski definition) is 4. The normalized spacial score (nSPS) is 10.7. The van der Waals surface area contributed by atoms with Crippen LogP contribution in [0, 0.1) is 0 Å². The fraction of sp³-hybridized carbons (Fsp3) is 0.0357. The Hall–Kier alpha value is -4.51. The lowest BCUT2D eigenvalue weighted by Crippen LogP contribution is -2.12. The Morgan fingerprint density at radius 2 is 1.33 bits per heavy atom. The van der Waals surface area contributed by atoms with E-state index in [9.17, 15) is 4.79 Å². The number of carbonyl (C=O) groups is 1. The number of fused-ring (bicyclic) bond motifs is 1. The molecular formula is C28H21N3O2. The molecule has 5 heteroatoms. The predicted molar refractivity (Wildman–Crippen MR) is 131 cm³/mol. The van der Waals surface area contributed by atoms with Gasteiger partial charge in [-0.1, -0.05) is 66.7 Å². The zero-order valence-electron chi connectivity index (χ0n) is 18.0. The van der Waals surface area contributed by atoms with Crippen molar-refractivity contribution in [3.63, 3.8) is 0 Å². The first-order valence-electron chi connectivity index (χ1n) is 10.6. The highest BCUT2D eigenvalue weighted by Gasteiger charge is 2.15. The Morgan fingerprint density at radius 3 is 1.97 bits per heavy atom. The highest BCUT2D eigenvalue weighted by Crippen LogP contribution is 2.31. The molecule has 0 unspecified atom stereocenters. The minimum Gasteiger partial charge on any atom is -0.497 e. The van der Waals surface area contributed by atoms with E-state index in [-0.39, 0.29) is 5.91 Å². The molecule has 1 heterocycles. The predicted octanol–water partition coefficient (Wildman–Crippen LogP) is 6.22. The second kappa shape index (κ2) is 8.93. The molecule has 0 saturated heterocycles. The van der Waals surface area contributed by atoms with Crippen molar-refractivity contribution in [3.8, 4) is 28.3 Å². The van der Waals surface area contributed by atoms with Crippen LogP contribution in [0.3, 0.4) is 0 Å². The Kier molecular flexibility index (Phi) is 5.52. The Balaban J connectivity index is 1.57. The number of methoxy groups -OCH3 is 1. The Bertz CT molecular complexity index is 1430. The van der Waals surface area contributed by atoms with Crippen molar-refractivity contribution >= 4 is 22.6 Å². The second-order valence-electron chi connectivity index (χ2n) is 7.54. The first kappa shape index (κ1) is 20.4. The zero-order valence-corrected chi connectivity index (χ0v) is 18.0. The van der Waals surface area contributed by atoms with Gasteiger partial charge < -0.3 is 10.1 Å². The summed E-state index contributed by atoms with van der Waals surface area (Å²) in [5.74, 6) is 0.457. The first-order chi connectivity index (χ1) is 16.2. The molecule has 5 aromatic rings. The zero-order chi connectivity index (χ0) is 22.6. The van der Waals surface area contributed by atoms with Crippen LogP contribution in [-0.4, -0.2) is 23.0 Å².